The van der Waals surface area contributed by atoms with Crippen molar-refractivity contribution in [3.63, 3.8) is 0 Å². The van der Waals surface area contributed by atoms with Crippen molar-refractivity contribution in [3.8, 4) is 0 Å². The number of aromatic nitrogens is 1. The fraction of sp³-hybridized carbons (Fsp3) is 0.286. The van der Waals surface area contributed by atoms with E-state index < -0.39 is 30.3 Å². The van der Waals surface area contributed by atoms with E-state index in [1.165, 1.54) is 0 Å². The standard InChI is InChI=1S/C7H5F4N/c8-3-5-4(7(10)11)1-2-6(9)12-5/h1-2,7H,3H2. The topological polar surface area (TPSA) is 12.9 Å². The van der Waals surface area contributed by atoms with E-state index in [0.29, 0.717) is 0 Å². The van der Waals surface area contributed by atoms with Crippen LogP contribution < -0.4 is 0 Å². The zero-order valence-electron chi connectivity index (χ0n) is 5.90. The predicted octanol–water partition coefficient (Wildman–Crippen LogP) is 2.63. The van der Waals surface area contributed by atoms with Gasteiger partial charge in [0.05, 0.1) is 5.69 Å². The van der Waals surface area contributed by atoms with Gasteiger partial charge in [-0.05, 0) is 12.1 Å². The number of rotatable bonds is 2. The van der Waals surface area contributed by atoms with Crippen LogP contribution in [0.3, 0.4) is 0 Å². The van der Waals surface area contributed by atoms with Crippen molar-refractivity contribution in [2.45, 2.75) is 13.1 Å². The summed E-state index contributed by atoms with van der Waals surface area (Å²) in [7, 11) is 0. The molecule has 0 aliphatic carbocycles. The van der Waals surface area contributed by atoms with E-state index in [4.69, 9.17) is 0 Å². The van der Waals surface area contributed by atoms with Gasteiger partial charge in [-0.2, -0.15) is 4.39 Å². The summed E-state index contributed by atoms with van der Waals surface area (Å²) in [6, 6.07) is 1.61. The monoisotopic (exact) mass is 179 g/mol. The Morgan fingerprint density at radius 3 is 2.50 bits per heavy atom. The van der Waals surface area contributed by atoms with Gasteiger partial charge in [-0.3, -0.25) is 0 Å². The van der Waals surface area contributed by atoms with Crippen molar-refractivity contribution < 1.29 is 17.6 Å². The predicted molar refractivity (Wildman–Crippen MR) is 34.0 cm³/mol. The highest BCUT2D eigenvalue weighted by molar-refractivity contribution is 5.20. The highest BCUT2D eigenvalue weighted by Gasteiger charge is 2.14. The van der Waals surface area contributed by atoms with Gasteiger partial charge in [0, 0.05) is 5.56 Å². The summed E-state index contributed by atoms with van der Waals surface area (Å²) in [6.45, 7) is -1.18. The van der Waals surface area contributed by atoms with Gasteiger partial charge in [0.1, 0.15) is 6.67 Å². The van der Waals surface area contributed by atoms with Crippen molar-refractivity contribution in [2.75, 3.05) is 0 Å². The van der Waals surface area contributed by atoms with Gasteiger partial charge in [-0.25, -0.2) is 18.2 Å². The summed E-state index contributed by atoms with van der Waals surface area (Å²) in [5.74, 6) is -0.952. The van der Waals surface area contributed by atoms with E-state index in [-0.39, 0.29) is 0 Å². The second kappa shape index (κ2) is 3.51. The number of alkyl halides is 3. The first-order chi connectivity index (χ1) is 5.65. The van der Waals surface area contributed by atoms with Crippen molar-refractivity contribution in [3.05, 3.63) is 29.3 Å². The molecule has 1 nitrogen and oxygen atoms in total. The maximum atomic E-state index is 12.3. The summed E-state index contributed by atoms with van der Waals surface area (Å²) in [5.41, 5.74) is -1.09. The Balaban J connectivity index is 3.11. The molecule has 1 aromatic heterocycles. The summed E-state index contributed by atoms with van der Waals surface area (Å²) in [6.07, 6.45) is -2.82. The van der Waals surface area contributed by atoms with E-state index in [2.05, 4.69) is 4.98 Å². The van der Waals surface area contributed by atoms with Gasteiger partial charge in [-0.15, -0.1) is 0 Å². The highest BCUT2D eigenvalue weighted by Crippen LogP contribution is 2.22. The summed E-state index contributed by atoms with van der Waals surface area (Å²) >= 11 is 0. The Kier molecular flexibility index (Phi) is 2.62. The number of halogens is 4. The lowest BCUT2D eigenvalue weighted by Gasteiger charge is -2.03. The molecule has 0 unspecified atom stereocenters. The average molecular weight is 179 g/mol. The van der Waals surface area contributed by atoms with E-state index in [0.717, 1.165) is 12.1 Å². The SMILES string of the molecule is FCc1nc(F)ccc1C(F)F. The van der Waals surface area contributed by atoms with Crippen LogP contribution in [0, 0.1) is 5.95 Å². The molecule has 12 heavy (non-hydrogen) atoms. The first kappa shape index (κ1) is 8.96. The van der Waals surface area contributed by atoms with Gasteiger partial charge >= 0.3 is 0 Å². The molecule has 66 valence electrons. The smallest absolute Gasteiger partial charge is 0.244 e. The largest absolute Gasteiger partial charge is 0.265 e. The minimum Gasteiger partial charge on any atom is -0.244 e. The molecule has 0 aliphatic rings. The molecule has 1 heterocycles. The molecular weight excluding hydrogens is 174 g/mol. The molecule has 0 aliphatic heterocycles. The number of hydrogen-bond acceptors (Lipinski definition) is 1. The van der Waals surface area contributed by atoms with Crippen LogP contribution in [0.15, 0.2) is 12.1 Å². The fourth-order valence-corrected chi connectivity index (χ4v) is 0.791. The fourth-order valence-electron chi connectivity index (χ4n) is 0.791. The van der Waals surface area contributed by atoms with Crippen LogP contribution in [0.1, 0.15) is 17.7 Å². The molecule has 1 aromatic rings. The highest BCUT2D eigenvalue weighted by atomic mass is 19.3. The molecule has 0 saturated carbocycles. The lowest BCUT2D eigenvalue weighted by Crippen LogP contribution is -1.98. The maximum Gasteiger partial charge on any atom is 0.265 e. The minimum absolute atomic E-state index is 0.537. The minimum atomic E-state index is -2.82. The van der Waals surface area contributed by atoms with Gasteiger partial charge < -0.3 is 0 Å². The second-order valence-corrected chi connectivity index (χ2v) is 2.10. The van der Waals surface area contributed by atoms with Crippen molar-refractivity contribution in [1.29, 1.82) is 0 Å². The molecule has 0 saturated heterocycles. The van der Waals surface area contributed by atoms with Crippen LogP contribution in [0.25, 0.3) is 0 Å². The summed E-state index contributed by atoms with van der Waals surface area (Å²) in [5, 5.41) is 0. The van der Waals surface area contributed by atoms with E-state index in [9.17, 15) is 17.6 Å². The van der Waals surface area contributed by atoms with E-state index in [1.807, 2.05) is 0 Å². The lowest BCUT2D eigenvalue weighted by molar-refractivity contribution is 0.148. The molecule has 5 heteroatoms. The number of pyridine rings is 1. The molecule has 0 fully saturated rings. The van der Waals surface area contributed by atoms with Crippen LogP contribution in [-0.4, -0.2) is 4.98 Å². The maximum absolute atomic E-state index is 12.3. The Morgan fingerprint density at radius 2 is 2.00 bits per heavy atom. The van der Waals surface area contributed by atoms with E-state index in [1.54, 1.807) is 0 Å². The first-order valence-corrected chi connectivity index (χ1v) is 3.14. The van der Waals surface area contributed by atoms with E-state index >= 15 is 0 Å². The molecule has 0 amide bonds. The van der Waals surface area contributed by atoms with Gasteiger partial charge in [0.25, 0.3) is 6.43 Å². The molecule has 0 atom stereocenters. The zero-order chi connectivity index (χ0) is 9.14. The van der Waals surface area contributed by atoms with Crippen molar-refractivity contribution in [2.24, 2.45) is 0 Å². The molecule has 0 aromatic carbocycles. The van der Waals surface area contributed by atoms with Gasteiger partial charge in [0.2, 0.25) is 5.95 Å². The van der Waals surface area contributed by atoms with Gasteiger partial charge in [-0.1, -0.05) is 0 Å². The Hall–Kier alpha value is -1.13. The zero-order valence-corrected chi connectivity index (χ0v) is 5.90. The van der Waals surface area contributed by atoms with Crippen LogP contribution in [0.4, 0.5) is 17.6 Å². The summed E-state index contributed by atoms with van der Waals surface area (Å²) in [4.78, 5) is 2.99. The molecule has 0 spiro atoms. The Bertz CT molecular complexity index is 274. The molecular formula is C7H5F4N. The average Bonchev–Trinajstić information content (AvgIpc) is 2.03. The first-order valence-electron chi connectivity index (χ1n) is 3.14. The Labute approximate surface area is 66.0 Å². The number of hydrogen-bond donors (Lipinski definition) is 0. The van der Waals surface area contributed by atoms with Crippen LogP contribution in [0.5, 0.6) is 0 Å². The molecule has 1 rings (SSSR count). The molecule has 0 N–H and O–H groups in total. The van der Waals surface area contributed by atoms with Crippen molar-refractivity contribution in [1.82, 2.24) is 4.98 Å². The third kappa shape index (κ3) is 1.72. The second-order valence-electron chi connectivity index (χ2n) is 2.10. The molecule has 0 radical (unpaired) electrons. The summed E-state index contributed by atoms with van der Waals surface area (Å²) < 4.78 is 48.3. The number of nitrogens with zero attached hydrogens (tertiary/aromatic N) is 1. The molecule has 0 bridgehead atoms. The lowest BCUT2D eigenvalue weighted by atomic mass is 10.2. The van der Waals surface area contributed by atoms with Crippen LogP contribution in [0.2, 0.25) is 0 Å². The quantitative estimate of drug-likeness (QED) is 0.502. The third-order valence-corrected chi connectivity index (χ3v) is 1.34. The van der Waals surface area contributed by atoms with Crippen LogP contribution in [-0.2, 0) is 6.67 Å². The third-order valence-electron chi connectivity index (χ3n) is 1.34. The van der Waals surface area contributed by atoms with Gasteiger partial charge in [0.15, 0.2) is 0 Å². The normalized spacial score (nSPS) is 10.8. The Morgan fingerprint density at radius 1 is 1.33 bits per heavy atom. The van der Waals surface area contributed by atoms with Crippen LogP contribution >= 0.6 is 0 Å². The van der Waals surface area contributed by atoms with Crippen molar-refractivity contribution >= 4 is 0 Å².